The minimum Gasteiger partial charge on any atom is -0.336 e. The molecule has 1 aromatic rings. The van der Waals surface area contributed by atoms with E-state index in [1.54, 1.807) is 0 Å². The van der Waals surface area contributed by atoms with Gasteiger partial charge < -0.3 is 10.2 Å². The number of carbonyl (C=O) groups excluding carboxylic acids is 1. The SMILES string of the molecule is CC1(c2ccccc2)CCN(C2CNC2)C1=O. The van der Waals surface area contributed by atoms with Gasteiger partial charge in [-0.05, 0) is 18.9 Å². The van der Waals surface area contributed by atoms with Gasteiger partial charge in [0.15, 0.2) is 0 Å². The summed E-state index contributed by atoms with van der Waals surface area (Å²) >= 11 is 0. The van der Waals surface area contributed by atoms with Crippen molar-refractivity contribution in [2.75, 3.05) is 19.6 Å². The van der Waals surface area contributed by atoms with Gasteiger partial charge in [-0.3, -0.25) is 4.79 Å². The highest BCUT2D eigenvalue weighted by Gasteiger charge is 2.46. The lowest BCUT2D eigenvalue weighted by molar-refractivity contribution is -0.134. The van der Waals surface area contributed by atoms with Crippen LogP contribution in [0.15, 0.2) is 30.3 Å². The van der Waals surface area contributed by atoms with Crippen molar-refractivity contribution in [3.8, 4) is 0 Å². The van der Waals surface area contributed by atoms with Gasteiger partial charge in [0, 0.05) is 19.6 Å². The number of hydrogen-bond donors (Lipinski definition) is 1. The number of rotatable bonds is 2. The van der Waals surface area contributed by atoms with Crippen LogP contribution in [0, 0.1) is 0 Å². The first-order valence-electron chi connectivity index (χ1n) is 6.29. The molecule has 0 spiro atoms. The average Bonchev–Trinajstić information content (AvgIpc) is 2.58. The molecule has 2 fully saturated rings. The lowest BCUT2D eigenvalue weighted by Crippen LogP contribution is -2.58. The Bertz CT molecular complexity index is 427. The standard InChI is InChI=1S/C14H18N2O/c1-14(11-5-3-2-4-6-11)7-8-16(13(14)17)12-9-15-10-12/h2-6,12,15H,7-10H2,1H3. The molecule has 0 radical (unpaired) electrons. The van der Waals surface area contributed by atoms with Crippen LogP contribution >= 0.6 is 0 Å². The summed E-state index contributed by atoms with van der Waals surface area (Å²) < 4.78 is 0. The van der Waals surface area contributed by atoms with Crippen LogP contribution in [0.3, 0.4) is 0 Å². The fourth-order valence-electron chi connectivity index (χ4n) is 2.79. The van der Waals surface area contributed by atoms with E-state index < -0.39 is 0 Å². The lowest BCUT2D eigenvalue weighted by atomic mass is 9.81. The fraction of sp³-hybridized carbons (Fsp3) is 0.500. The molecular formula is C14H18N2O. The predicted molar refractivity (Wildman–Crippen MR) is 66.8 cm³/mol. The molecule has 0 bridgehead atoms. The van der Waals surface area contributed by atoms with E-state index in [4.69, 9.17) is 0 Å². The number of benzene rings is 1. The van der Waals surface area contributed by atoms with E-state index in [1.807, 2.05) is 18.2 Å². The first-order chi connectivity index (χ1) is 8.22. The third-order valence-electron chi connectivity index (χ3n) is 4.20. The van der Waals surface area contributed by atoms with Crippen molar-refractivity contribution in [1.82, 2.24) is 10.2 Å². The lowest BCUT2D eigenvalue weighted by Gasteiger charge is -2.36. The maximum absolute atomic E-state index is 12.6. The predicted octanol–water partition coefficient (Wildman–Crippen LogP) is 1.15. The first-order valence-corrected chi connectivity index (χ1v) is 6.29. The molecule has 1 N–H and O–H groups in total. The monoisotopic (exact) mass is 230 g/mol. The molecule has 2 heterocycles. The summed E-state index contributed by atoms with van der Waals surface area (Å²) in [5, 5.41) is 3.23. The van der Waals surface area contributed by atoms with E-state index in [-0.39, 0.29) is 5.41 Å². The van der Waals surface area contributed by atoms with Gasteiger partial charge in [-0.2, -0.15) is 0 Å². The molecule has 2 aliphatic heterocycles. The van der Waals surface area contributed by atoms with Gasteiger partial charge in [0.25, 0.3) is 0 Å². The molecule has 17 heavy (non-hydrogen) atoms. The van der Waals surface area contributed by atoms with Crippen LogP contribution in [0.4, 0.5) is 0 Å². The molecule has 3 rings (SSSR count). The zero-order chi connectivity index (χ0) is 11.9. The van der Waals surface area contributed by atoms with E-state index in [0.29, 0.717) is 11.9 Å². The molecule has 0 saturated carbocycles. The van der Waals surface area contributed by atoms with Gasteiger partial charge >= 0.3 is 0 Å². The number of nitrogens with zero attached hydrogens (tertiary/aromatic N) is 1. The van der Waals surface area contributed by atoms with Crippen molar-refractivity contribution in [2.45, 2.75) is 24.8 Å². The van der Waals surface area contributed by atoms with Crippen LogP contribution in [0.2, 0.25) is 0 Å². The largest absolute Gasteiger partial charge is 0.336 e. The highest BCUT2D eigenvalue weighted by Crippen LogP contribution is 2.36. The second kappa shape index (κ2) is 3.84. The van der Waals surface area contributed by atoms with Crippen LogP contribution in [0.5, 0.6) is 0 Å². The molecule has 1 unspecified atom stereocenters. The van der Waals surface area contributed by atoms with Crippen molar-refractivity contribution in [1.29, 1.82) is 0 Å². The van der Waals surface area contributed by atoms with E-state index in [9.17, 15) is 4.79 Å². The summed E-state index contributed by atoms with van der Waals surface area (Å²) in [4.78, 5) is 14.6. The third-order valence-corrected chi connectivity index (χ3v) is 4.20. The molecule has 1 aromatic carbocycles. The molecule has 2 aliphatic rings. The van der Waals surface area contributed by atoms with Crippen LogP contribution in [0.25, 0.3) is 0 Å². The van der Waals surface area contributed by atoms with E-state index in [1.165, 1.54) is 0 Å². The Morgan fingerprint density at radius 1 is 1.29 bits per heavy atom. The fourth-order valence-corrected chi connectivity index (χ4v) is 2.79. The highest BCUT2D eigenvalue weighted by molar-refractivity contribution is 5.90. The molecule has 1 atom stereocenters. The highest BCUT2D eigenvalue weighted by atomic mass is 16.2. The molecule has 0 aliphatic carbocycles. The summed E-state index contributed by atoms with van der Waals surface area (Å²) in [7, 11) is 0. The van der Waals surface area contributed by atoms with E-state index in [2.05, 4.69) is 29.3 Å². The zero-order valence-corrected chi connectivity index (χ0v) is 10.1. The van der Waals surface area contributed by atoms with E-state index in [0.717, 1.165) is 31.6 Å². The zero-order valence-electron chi connectivity index (χ0n) is 10.1. The molecular weight excluding hydrogens is 212 g/mol. The summed E-state index contributed by atoms with van der Waals surface area (Å²) in [6, 6.07) is 10.6. The molecule has 3 heteroatoms. The topological polar surface area (TPSA) is 32.3 Å². The van der Waals surface area contributed by atoms with Gasteiger partial charge in [0.1, 0.15) is 0 Å². The quantitative estimate of drug-likeness (QED) is 0.826. The third kappa shape index (κ3) is 1.57. The smallest absolute Gasteiger partial charge is 0.233 e. The molecule has 2 saturated heterocycles. The normalized spacial score (nSPS) is 29.5. The number of carbonyl (C=O) groups is 1. The number of hydrogen-bond acceptors (Lipinski definition) is 2. The van der Waals surface area contributed by atoms with Crippen molar-refractivity contribution in [2.24, 2.45) is 0 Å². The van der Waals surface area contributed by atoms with Crippen molar-refractivity contribution >= 4 is 5.91 Å². The van der Waals surface area contributed by atoms with Crippen LogP contribution in [-0.2, 0) is 10.2 Å². The van der Waals surface area contributed by atoms with Crippen LogP contribution in [0.1, 0.15) is 18.9 Å². The number of nitrogens with one attached hydrogen (secondary N) is 1. The molecule has 0 aromatic heterocycles. The van der Waals surface area contributed by atoms with Gasteiger partial charge in [0.2, 0.25) is 5.91 Å². The van der Waals surface area contributed by atoms with Crippen LogP contribution < -0.4 is 5.32 Å². The Labute approximate surface area is 102 Å². The number of amides is 1. The molecule has 90 valence electrons. The van der Waals surface area contributed by atoms with Gasteiger partial charge in [-0.25, -0.2) is 0 Å². The van der Waals surface area contributed by atoms with Crippen LogP contribution in [-0.4, -0.2) is 36.5 Å². The Kier molecular flexibility index (Phi) is 2.44. The van der Waals surface area contributed by atoms with Crippen molar-refractivity contribution in [3.05, 3.63) is 35.9 Å². The van der Waals surface area contributed by atoms with Gasteiger partial charge in [0.05, 0.1) is 11.5 Å². The second-order valence-electron chi connectivity index (χ2n) is 5.26. The average molecular weight is 230 g/mol. The minimum atomic E-state index is -0.309. The maximum Gasteiger partial charge on any atom is 0.233 e. The Balaban J connectivity index is 1.87. The van der Waals surface area contributed by atoms with Crippen molar-refractivity contribution < 1.29 is 4.79 Å². The minimum absolute atomic E-state index is 0.301. The Morgan fingerprint density at radius 2 is 2.00 bits per heavy atom. The van der Waals surface area contributed by atoms with Gasteiger partial charge in [-0.15, -0.1) is 0 Å². The van der Waals surface area contributed by atoms with E-state index >= 15 is 0 Å². The summed E-state index contributed by atoms with van der Waals surface area (Å²) in [6.07, 6.45) is 0.937. The Hall–Kier alpha value is -1.35. The molecule has 3 nitrogen and oxygen atoms in total. The van der Waals surface area contributed by atoms with Gasteiger partial charge in [-0.1, -0.05) is 30.3 Å². The first kappa shape index (κ1) is 10.8. The summed E-state index contributed by atoms with van der Waals surface area (Å²) in [5.74, 6) is 0.301. The summed E-state index contributed by atoms with van der Waals surface area (Å²) in [5.41, 5.74) is 0.844. The Morgan fingerprint density at radius 3 is 2.59 bits per heavy atom. The maximum atomic E-state index is 12.6. The second-order valence-corrected chi connectivity index (χ2v) is 5.26. The number of likely N-dealkylation sites (tertiary alicyclic amines) is 1. The summed E-state index contributed by atoms with van der Waals surface area (Å²) in [6.45, 7) is 4.89. The van der Waals surface area contributed by atoms with Crippen molar-refractivity contribution in [3.63, 3.8) is 0 Å². The molecule has 1 amide bonds.